The van der Waals surface area contributed by atoms with Gasteiger partial charge in [0.25, 0.3) is 11.8 Å². The SMILES string of the molecule is CNC(=O)c1ccc(NC(=O)COC(=O)c2ccccc2NCCO)cc1. The van der Waals surface area contributed by atoms with Crippen molar-refractivity contribution in [2.45, 2.75) is 0 Å². The summed E-state index contributed by atoms with van der Waals surface area (Å²) in [6.45, 7) is -0.244. The van der Waals surface area contributed by atoms with Gasteiger partial charge in [-0.3, -0.25) is 9.59 Å². The van der Waals surface area contributed by atoms with Gasteiger partial charge in [0, 0.05) is 30.5 Å². The number of anilines is 2. The van der Waals surface area contributed by atoms with Gasteiger partial charge >= 0.3 is 5.97 Å². The van der Waals surface area contributed by atoms with E-state index < -0.39 is 18.5 Å². The number of carbonyl (C=O) groups excluding carboxylic acids is 3. The zero-order chi connectivity index (χ0) is 19.6. The molecule has 0 saturated carbocycles. The Kier molecular flexibility index (Phi) is 7.33. The predicted molar refractivity (Wildman–Crippen MR) is 101 cm³/mol. The van der Waals surface area contributed by atoms with E-state index in [9.17, 15) is 14.4 Å². The average molecular weight is 371 g/mol. The molecule has 2 amide bonds. The molecule has 0 aromatic heterocycles. The van der Waals surface area contributed by atoms with E-state index in [1.54, 1.807) is 48.5 Å². The molecule has 2 rings (SSSR count). The van der Waals surface area contributed by atoms with Gasteiger partial charge in [-0.2, -0.15) is 0 Å². The van der Waals surface area contributed by atoms with Gasteiger partial charge in [0.15, 0.2) is 6.61 Å². The Hall–Kier alpha value is -3.39. The lowest BCUT2D eigenvalue weighted by molar-refractivity contribution is -0.119. The largest absolute Gasteiger partial charge is 0.452 e. The summed E-state index contributed by atoms with van der Waals surface area (Å²) < 4.78 is 5.04. The van der Waals surface area contributed by atoms with Gasteiger partial charge in [0.05, 0.1) is 12.2 Å². The molecule has 0 aliphatic heterocycles. The first-order valence-electron chi connectivity index (χ1n) is 8.28. The molecule has 0 atom stereocenters. The van der Waals surface area contributed by atoms with Crippen LogP contribution in [0.15, 0.2) is 48.5 Å². The van der Waals surface area contributed by atoms with E-state index in [4.69, 9.17) is 9.84 Å². The summed E-state index contributed by atoms with van der Waals surface area (Å²) in [6, 6.07) is 13.0. The molecule has 27 heavy (non-hydrogen) atoms. The van der Waals surface area contributed by atoms with Crippen LogP contribution in [0.1, 0.15) is 20.7 Å². The van der Waals surface area contributed by atoms with Gasteiger partial charge in [-0.05, 0) is 36.4 Å². The number of hydrogen-bond donors (Lipinski definition) is 4. The van der Waals surface area contributed by atoms with Crippen LogP contribution in [0.5, 0.6) is 0 Å². The van der Waals surface area contributed by atoms with E-state index in [1.165, 1.54) is 7.05 Å². The maximum absolute atomic E-state index is 12.2. The molecule has 8 nitrogen and oxygen atoms in total. The van der Waals surface area contributed by atoms with Crippen molar-refractivity contribution in [3.63, 3.8) is 0 Å². The predicted octanol–water partition coefficient (Wildman–Crippen LogP) is 1.25. The van der Waals surface area contributed by atoms with Gasteiger partial charge in [-0.1, -0.05) is 12.1 Å². The van der Waals surface area contributed by atoms with Crippen LogP contribution in [0.4, 0.5) is 11.4 Å². The molecule has 0 spiro atoms. The fraction of sp³-hybridized carbons (Fsp3) is 0.211. The Labute approximate surface area is 156 Å². The van der Waals surface area contributed by atoms with E-state index in [2.05, 4.69) is 16.0 Å². The van der Waals surface area contributed by atoms with Crippen LogP contribution in [0, 0.1) is 0 Å². The third-order valence-electron chi connectivity index (χ3n) is 3.57. The quantitative estimate of drug-likeness (QED) is 0.519. The van der Waals surface area contributed by atoms with Crippen molar-refractivity contribution < 1.29 is 24.2 Å². The van der Waals surface area contributed by atoms with Gasteiger partial charge in [-0.15, -0.1) is 0 Å². The number of aliphatic hydroxyl groups excluding tert-OH is 1. The molecule has 8 heteroatoms. The second-order valence-electron chi connectivity index (χ2n) is 5.48. The fourth-order valence-corrected chi connectivity index (χ4v) is 2.26. The van der Waals surface area contributed by atoms with Gasteiger partial charge in [0.1, 0.15) is 0 Å². The highest BCUT2D eigenvalue weighted by Gasteiger charge is 2.14. The zero-order valence-electron chi connectivity index (χ0n) is 14.8. The monoisotopic (exact) mass is 371 g/mol. The van der Waals surface area contributed by atoms with Crippen LogP contribution < -0.4 is 16.0 Å². The van der Waals surface area contributed by atoms with Gasteiger partial charge in [-0.25, -0.2) is 4.79 Å². The number of aliphatic hydroxyl groups is 1. The summed E-state index contributed by atoms with van der Waals surface area (Å²) in [4.78, 5) is 35.6. The number of esters is 1. The Morgan fingerprint density at radius 2 is 1.74 bits per heavy atom. The molecule has 0 bridgehead atoms. The van der Waals surface area contributed by atoms with Crippen LogP contribution in [0.25, 0.3) is 0 Å². The lowest BCUT2D eigenvalue weighted by Gasteiger charge is -2.11. The Balaban J connectivity index is 1.90. The maximum atomic E-state index is 12.2. The third kappa shape index (κ3) is 5.82. The maximum Gasteiger partial charge on any atom is 0.340 e. The molecule has 0 unspecified atom stereocenters. The van der Waals surface area contributed by atoms with Crippen molar-refractivity contribution in [3.8, 4) is 0 Å². The van der Waals surface area contributed by atoms with Crippen molar-refractivity contribution in [2.75, 3.05) is 37.4 Å². The fourth-order valence-electron chi connectivity index (χ4n) is 2.26. The smallest absolute Gasteiger partial charge is 0.340 e. The summed E-state index contributed by atoms with van der Waals surface area (Å²) in [6.07, 6.45) is 0. The van der Waals surface area contributed by atoms with E-state index in [-0.39, 0.29) is 24.6 Å². The lowest BCUT2D eigenvalue weighted by Crippen LogP contribution is -2.22. The van der Waals surface area contributed by atoms with Gasteiger partial charge in [0.2, 0.25) is 0 Å². The number of hydrogen-bond acceptors (Lipinski definition) is 6. The minimum absolute atomic E-state index is 0.0789. The Morgan fingerprint density at radius 3 is 2.41 bits per heavy atom. The number of rotatable bonds is 8. The topological polar surface area (TPSA) is 117 Å². The van der Waals surface area contributed by atoms with Crippen LogP contribution in [0.2, 0.25) is 0 Å². The zero-order valence-corrected chi connectivity index (χ0v) is 14.8. The normalized spacial score (nSPS) is 10.0. The summed E-state index contributed by atoms with van der Waals surface area (Å²) in [5.74, 6) is -1.38. The molecule has 0 aliphatic carbocycles. The Bertz CT molecular complexity index is 805. The number of ether oxygens (including phenoxy) is 1. The van der Waals surface area contributed by atoms with Crippen LogP contribution in [-0.2, 0) is 9.53 Å². The van der Waals surface area contributed by atoms with E-state index in [1.807, 2.05) is 0 Å². The Morgan fingerprint density at radius 1 is 1.04 bits per heavy atom. The molecular weight excluding hydrogens is 350 g/mol. The van der Waals surface area contributed by atoms with E-state index in [0.717, 1.165) is 0 Å². The van der Waals surface area contributed by atoms with Crippen LogP contribution in [-0.4, -0.2) is 49.7 Å². The average Bonchev–Trinajstić information content (AvgIpc) is 2.70. The van der Waals surface area contributed by atoms with E-state index >= 15 is 0 Å². The van der Waals surface area contributed by atoms with Crippen molar-refractivity contribution in [3.05, 3.63) is 59.7 Å². The highest BCUT2D eigenvalue weighted by atomic mass is 16.5. The molecular formula is C19H21N3O5. The number of nitrogens with one attached hydrogen (secondary N) is 3. The standard InChI is InChI=1S/C19H21N3O5/c1-20-18(25)13-6-8-14(9-7-13)22-17(24)12-27-19(26)15-4-2-3-5-16(15)21-10-11-23/h2-9,21,23H,10-12H2,1H3,(H,20,25)(H,22,24). The lowest BCUT2D eigenvalue weighted by atomic mass is 10.2. The van der Waals surface area contributed by atoms with Crippen molar-refractivity contribution >= 4 is 29.2 Å². The summed E-state index contributed by atoms with van der Waals surface area (Å²) in [5.41, 5.74) is 1.73. The molecule has 0 saturated heterocycles. The molecule has 4 N–H and O–H groups in total. The summed E-state index contributed by atoms with van der Waals surface area (Å²) in [7, 11) is 1.53. The molecule has 0 heterocycles. The third-order valence-corrected chi connectivity index (χ3v) is 3.57. The minimum Gasteiger partial charge on any atom is -0.452 e. The first kappa shape index (κ1) is 19.9. The molecule has 142 valence electrons. The van der Waals surface area contributed by atoms with Crippen LogP contribution in [0.3, 0.4) is 0 Å². The highest BCUT2D eigenvalue weighted by molar-refractivity contribution is 5.99. The minimum atomic E-state index is -0.652. The molecule has 0 aliphatic rings. The second-order valence-corrected chi connectivity index (χ2v) is 5.48. The number of para-hydroxylation sites is 1. The summed E-state index contributed by atoms with van der Waals surface area (Å²) in [5, 5.41) is 16.9. The van der Waals surface area contributed by atoms with Crippen molar-refractivity contribution in [2.24, 2.45) is 0 Å². The first-order valence-corrected chi connectivity index (χ1v) is 8.28. The van der Waals surface area contributed by atoms with E-state index in [0.29, 0.717) is 16.9 Å². The highest BCUT2D eigenvalue weighted by Crippen LogP contribution is 2.16. The second kappa shape index (κ2) is 9.93. The number of benzene rings is 2. The summed E-state index contributed by atoms with van der Waals surface area (Å²) >= 11 is 0. The van der Waals surface area contributed by atoms with Crippen molar-refractivity contribution in [1.29, 1.82) is 0 Å². The first-order chi connectivity index (χ1) is 13.0. The molecule has 0 fully saturated rings. The molecule has 2 aromatic carbocycles. The van der Waals surface area contributed by atoms with Gasteiger partial charge < -0.3 is 25.8 Å². The molecule has 2 aromatic rings. The van der Waals surface area contributed by atoms with Crippen molar-refractivity contribution in [1.82, 2.24) is 5.32 Å². The van der Waals surface area contributed by atoms with Crippen LogP contribution >= 0.6 is 0 Å². The number of carbonyl (C=O) groups is 3. The number of amides is 2. The molecule has 0 radical (unpaired) electrons.